The van der Waals surface area contributed by atoms with Crippen LogP contribution in [0.2, 0.25) is 0 Å². The van der Waals surface area contributed by atoms with E-state index >= 15 is 0 Å². The lowest BCUT2D eigenvalue weighted by atomic mass is 10.2. The van der Waals surface area contributed by atoms with Crippen LogP contribution in [-0.4, -0.2) is 66.9 Å². The summed E-state index contributed by atoms with van der Waals surface area (Å²) in [6.45, 7) is 2.62. The lowest BCUT2D eigenvalue weighted by Gasteiger charge is -2.39. The highest BCUT2D eigenvalue weighted by Crippen LogP contribution is 2.11. The predicted octanol–water partition coefficient (Wildman–Crippen LogP) is 0.925. The van der Waals surface area contributed by atoms with Gasteiger partial charge >= 0.3 is 6.11 Å². The van der Waals surface area contributed by atoms with Gasteiger partial charge in [0, 0.05) is 33.2 Å². The first-order valence-electron chi connectivity index (χ1n) is 5.61. The monoisotopic (exact) mass is 253 g/mol. The van der Waals surface area contributed by atoms with Crippen LogP contribution in [0.15, 0.2) is 4.99 Å². The van der Waals surface area contributed by atoms with Gasteiger partial charge in [-0.15, -0.1) is 0 Å². The topological polar surface area (TPSA) is 39.1 Å². The third-order valence-electron chi connectivity index (χ3n) is 2.55. The van der Waals surface area contributed by atoms with Crippen molar-refractivity contribution in [1.82, 2.24) is 9.80 Å². The molecule has 0 atom stereocenters. The van der Waals surface area contributed by atoms with E-state index < -0.39 is 12.8 Å². The summed E-state index contributed by atoms with van der Waals surface area (Å²) in [4.78, 5) is 9.16. The van der Waals surface area contributed by atoms with Crippen LogP contribution in [0.5, 0.6) is 0 Å². The number of aliphatic hydroxyl groups is 1. The fraction of sp³-hybridized carbons (Fsp3) is 0.900. The summed E-state index contributed by atoms with van der Waals surface area (Å²) in [5.74, 6) is 1.22. The number of fused-ring (bicyclic) bond motifs is 1. The Morgan fingerprint density at radius 2 is 1.88 bits per heavy atom. The van der Waals surface area contributed by atoms with Crippen molar-refractivity contribution in [2.24, 2.45) is 4.99 Å². The molecule has 0 radical (unpaired) electrons. The highest BCUT2D eigenvalue weighted by atomic mass is 19.3. The molecule has 0 spiro atoms. The summed E-state index contributed by atoms with van der Waals surface area (Å²) in [5.41, 5.74) is 0. The zero-order valence-electron chi connectivity index (χ0n) is 9.87. The Balaban J connectivity index is 0.000000209. The summed E-state index contributed by atoms with van der Waals surface area (Å²) in [6, 6.07) is 0. The van der Waals surface area contributed by atoms with E-state index in [9.17, 15) is 13.2 Å². The van der Waals surface area contributed by atoms with Crippen molar-refractivity contribution in [3.05, 3.63) is 0 Å². The zero-order valence-corrected chi connectivity index (χ0v) is 9.87. The Hall–Kier alpha value is -0.980. The van der Waals surface area contributed by atoms with Crippen molar-refractivity contribution in [3.63, 3.8) is 0 Å². The van der Waals surface area contributed by atoms with Crippen molar-refractivity contribution in [3.8, 4) is 0 Å². The molecule has 4 nitrogen and oxygen atoms in total. The van der Waals surface area contributed by atoms with Gasteiger partial charge in [0.05, 0.1) is 0 Å². The third kappa shape index (κ3) is 4.80. The molecule has 2 heterocycles. The Kier molecular flexibility index (Phi) is 5.04. The predicted molar refractivity (Wildman–Crippen MR) is 58.9 cm³/mol. The average molecular weight is 253 g/mol. The summed E-state index contributed by atoms with van der Waals surface area (Å²) in [7, 11) is 2.14. The van der Waals surface area contributed by atoms with Crippen LogP contribution in [-0.2, 0) is 0 Å². The maximum Gasteiger partial charge on any atom is 0.381 e. The molecule has 2 aliphatic rings. The Morgan fingerprint density at radius 3 is 2.41 bits per heavy atom. The Bertz CT molecular complexity index is 268. The summed E-state index contributed by atoms with van der Waals surface area (Å²) in [6.07, 6.45) is -1.60. The van der Waals surface area contributed by atoms with Crippen LogP contribution < -0.4 is 0 Å². The van der Waals surface area contributed by atoms with Crippen molar-refractivity contribution < 1.29 is 18.3 Å². The first-order valence-corrected chi connectivity index (χ1v) is 5.61. The second kappa shape index (κ2) is 6.09. The second-order valence-electron chi connectivity index (χ2n) is 4.10. The third-order valence-corrected chi connectivity index (χ3v) is 2.55. The molecule has 0 amide bonds. The minimum Gasteiger partial charge on any atom is -0.346 e. The first kappa shape index (κ1) is 14.1. The van der Waals surface area contributed by atoms with Gasteiger partial charge in [0.15, 0.2) is 12.6 Å². The fourth-order valence-corrected chi connectivity index (χ4v) is 1.81. The number of nitrogens with zero attached hydrogens (tertiary/aromatic N) is 3. The van der Waals surface area contributed by atoms with Gasteiger partial charge in [0.25, 0.3) is 0 Å². The first-order chi connectivity index (χ1) is 7.94. The molecular weight excluding hydrogens is 235 g/mol. The van der Waals surface area contributed by atoms with E-state index in [2.05, 4.69) is 21.8 Å². The van der Waals surface area contributed by atoms with Gasteiger partial charge in [-0.05, 0) is 12.8 Å². The molecule has 0 unspecified atom stereocenters. The van der Waals surface area contributed by atoms with Gasteiger partial charge in [-0.2, -0.15) is 8.78 Å². The largest absolute Gasteiger partial charge is 0.381 e. The molecule has 0 bridgehead atoms. The second-order valence-corrected chi connectivity index (χ2v) is 4.10. The molecule has 1 fully saturated rings. The maximum absolute atomic E-state index is 10.6. The maximum atomic E-state index is 10.6. The Labute approximate surface area is 98.7 Å². The summed E-state index contributed by atoms with van der Waals surface area (Å²) in [5, 5.41) is 7.12. The number of hydrogen-bond donors (Lipinski definition) is 1. The molecule has 0 aliphatic carbocycles. The van der Waals surface area contributed by atoms with Gasteiger partial charge in [-0.3, -0.25) is 4.99 Å². The number of guanidine groups is 1. The minimum absolute atomic E-state index is 1.02. The van der Waals surface area contributed by atoms with E-state index in [1.54, 1.807) is 0 Å². The van der Waals surface area contributed by atoms with Crippen LogP contribution in [0.4, 0.5) is 13.2 Å². The van der Waals surface area contributed by atoms with Gasteiger partial charge in [-0.25, -0.2) is 4.39 Å². The number of alkyl halides is 3. The van der Waals surface area contributed by atoms with Crippen LogP contribution >= 0.6 is 0 Å². The van der Waals surface area contributed by atoms with E-state index in [1.165, 1.54) is 38.4 Å². The van der Waals surface area contributed by atoms with Crippen molar-refractivity contribution in [2.75, 3.05) is 39.9 Å². The average Bonchev–Trinajstić information content (AvgIpc) is 2.30. The SMILES string of the molecule is CN1CCCN2CCCN=C12.OC(F)(F)CF. The molecule has 0 aromatic rings. The fourth-order valence-electron chi connectivity index (χ4n) is 1.81. The molecule has 100 valence electrons. The van der Waals surface area contributed by atoms with Crippen molar-refractivity contribution in [1.29, 1.82) is 0 Å². The van der Waals surface area contributed by atoms with Gasteiger partial charge in [-0.1, -0.05) is 0 Å². The van der Waals surface area contributed by atoms with Crippen LogP contribution in [0.1, 0.15) is 12.8 Å². The Morgan fingerprint density at radius 1 is 1.29 bits per heavy atom. The number of halogens is 3. The van der Waals surface area contributed by atoms with E-state index in [4.69, 9.17) is 5.11 Å². The number of aliphatic imine (C=N–C) groups is 1. The molecule has 17 heavy (non-hydrogen) atoms. The van der Waals surface area contributed by atoms with Crippen LogP contribution in [0.25, 0.3) is 0 Å². The molecule has 2 aliphatic heterocycles. The van der Waals surface area contributed by atoms with Crippen molar-refractivity contribution >= 4 is 5.96 Å². The van der Waals surface area contributed by atoms with E-state index in [0.29, 0.717) is 0 Å². The van der Waals surface area contributed by atoms with Gasteiger partial charge in [0.1, 0.15) is 0 Å². The molecule has 0 aromatic carbocycles. The summed E-state index contributed by atoms with van der Waals surface area (Å²) < 4.78 is 31.8. The highest BCUT2D eigenvalue weighted by molar-refractivity contribution is 5.81. The molecule has 7 heteroatoms. The minimum atomic E-state index is -4.12. The van der Waals surface area contributed by atoms with Crippen LogP contribution in [0, 0.1) is 0 Å². The lowest BCUT2D eigenvalue weighted by molar-refractivity contribution is -0.208. The van der Waals surface area contributed by atoms with Crippen LogP contribution in [0.3, 0.4) is 0 Å². The molecule has 0 saturated carbocycles. The molecular formula is C10H18F3N3O. The van der Waals surface area contributed by atoms with E-state index in [-0.39, 0.29) is 0 Å². The standard InChI is InChI=1S/C8H15N3.C2H3F3O/c1-10-5-3-7-11-6-2-4-9-8(10)11;3-1-2(4,5)6/h2-7H2,1H3;6H,1H2. The number of rotatable bonds is 1. The summed E-state index contributed by atoms with van der Waals surface area (Å²) >= 11 is 0. The smallest absolute Gasteiger partial charge is 0.346 e. The molecule has 1 saturated heterocycles. The zero-order chi connectivity index (χ0) is 12.9. The molecule has 1 N–H and O–H groups in total. The quantitative estimate of drug-likeness (QED) is 0.755. The molecule has 0 aromatic heterocycles. The van der Waals surface area contributed by atoms with Crippen molar-refractivity contribution in [2.45, 2.75) is 19.0 Å². The van der Waals surface area contributed by atoms with E-state index in [1.807, 2.05) is 0 Å². The highest BCUT2D eigenvalue weighted by Gasteiger charge is 2.23. The number of hydrogen-bond acceptors (Lipinski definition) is 4. The van der Waals surface area contributed by atoms with E-state index in [0.717, 1.165) is 6.54 Å². The lowest BCUT2D eigenvalue weighted by Crippen LogP contribution is -2.50. The van der Waals surface area contributed by atoms with Gasteiger partial charge in [0.2, 0.25) is 0 Å². The normalized spacial score (nSPS) is 20.2. The molecule has 2 rings (SSSR count). The van der Waals surface area contributed by atoms with Gasteiger partial charge < -0.3 is 14.9 Å².